The minimum Gasteiger partial charge on any atom is -0.489 e. The van der Waals surface area contributed by atoms with Crippen molar-refractivity contribution in [1.82, 2.24) is 14.7 Å². The molecule has 1 N–H and O–H groups in total. The molecular formula is C23H22ClN3O4. The highest BCUT2D eigenvalue weighted by Gasteiger charge is 2.15. The molecule has 160 valence electrons. The third-order valence-electron chi connectivity index (χ3n) is 4.96. The average Bonchev–Trinajstić information content (AvgIpc) is 3.33. The van der Waals surface area contributed by atoms with Crippen LogP contribution in [0, 0.1) is 0 Å². The standard InChI is InChI=1S/C23H22ClN3O4/c1-13(2)30-20-8-5-15(12-18(20)24)23-25-22(26-31-23)14-4-7-19-16(10-14)11-17(27(19)3)6-9-21(28)29/h4-5,7-8,10-13H,6,9H2,1-3H3,(H,28,29). The zero-order valence-corrected chi connectivity index (χ0v) is 18.2. The second-order valence-corrected chi connectivity index (χ2v) is 8.00. The molecule has 0 radical (unpaired) electrons. The van der Waals surface area contributed by atoms with E-state index in [9.17, 15) is 4.79 Å². The zero-order chi connectivity index (χ0) is 22.1. The van der Waals surface area contributed by atoms with Crippen LogP contribution in [-0.2, 0) is 18.3 Å². The van der Waals surface area contributed by atoms with Gasteiger partial charge in [0.2, 0.25) is 5.82 Å². The Hall–Kier alpha value is -3.32. The highest BCUT2D eigenvalue weighted by Crippen LogP contribution is 2.32. The fraction of sp³-hybridized carbons (Fsp3) is 0.261. The molecule has 4 aromatic rings. The van der Waals surface area contributed by atoms with E-state index in [1.54, 1.807) is 12.1 Å². The van der Waals surface area contributed by atoms with Crippen molar-refractivity contribution < 1.29 is 19.2 Å². The lowest BCUT2D eigenvalue weighted by atomic mass is 10.1. The van der Waals surface area contributed by atoms with Gasteiger partial charge in [0.25, 0.3) is 5.89 Å². The number of benzene rings is 2. The average molecular weight is 440 g/mol. The summed E-state index contributed by atoms with van der Waals surface area (Å²) >= 11 is 6.32. The second-order valence-electron chi connectivity index (χ2n) is 7.60. The van der Waals surface area contributed by atoms with Gasteiger partial charge in [0.15, 0.2) is 0 Å². The van der Waals surface area contributed by atoms with E-state index in [0.717, 1.165) is 22.2 Å². The number of fused-ring (bicyclic) bond motifs is 1. The molecule has 7 nitrogen and oxygen atoms in total. The van der Waals surface area contributed by atoms with E-state index < -0.39 is 5.97 Å². The number of carboxylic acids is 1. The lowest BCUT2D eigenvalue weighted by Gasteiger charge is -2.11. The van der Waals surface area contributed by atoms with Gasteiger partial charge < -0.3 is 18.9 Å². The number of aryl methyl sites for hydroxylation is 2. The SMILES string of the molecule is CC(C)Oc1ccc(-c2nc(-c3ccc4c(c3)cc(CCC(=O)O)n4C)no2)cc1Cl. The maximum Gasteiger partial charge on any atom is 0.303 e. The summed E-state index contributed by atoms with van der Waals surface area (Å²) in [6.07, 6.45) is 0.588. The fourth-order valence-electron chi connectivity index (χ4n) is 3.46. The van der Waals surface area contributed by atoms with Crippen LogP contribution in [-0.4, -0.2) is 31.9 Å². The fourth-order valence-corrected chi connectivity index (χ4v) is 3.69. The van der Waals surface area contributed by atoms with Crippen LogP contribution in [0.1, 0.15) is 26.0 Å². The number of ether oxygens (including phenoxy) is 1. The van der Waals surface area contributed by atoms with E-state index in [-0.39, 0.29) is 12.5 Å². The van der Waals surface area contributed by atoms with Crippen LogP contribution in [0.2, 0.25) is 5.02 Å². The number of aliphatic carboxylic acids is 1. The van der Waals surface area contributed by atoms with Gasteiger partial charge in [0, 0.05) is 34.8 Å². The molecule has 0 saturated carbocycles. The van der Waals surface area contributed by atoms with Crippen LogP contribution >= 0.6 is 11.6 Å². The molecule has 0 bridgehead atoms. The first kappa shape index (κ1) is 20.9. The van der Waals surface area contributed by atoms with E-state index in [2.05, 4.69) is 10.1 Å². The number of aromatic nitrogens is 3. The first-order chi connectivity index (χ1) is 14.8. The van der Waals surface area contributed by atoms with Gasteiger partial charge in [-0.15, -0.1) is 0 Å². The Balaban J connectivity index is 1.61. The van der Waals surface area contributed by atoms with E-state index in [0.29, 0.717) is 34.5 Å². The van der Waals surface area contributed by atoms with Crippen molar-refractivity contribution in [1.29, 1.82) is 0 Å². The maximum atomic E-state index is 10.9. The van der Waals surface area contributed by atoms with Crippen LogP contribution in [0.25, 0.3) is 33.7 Å². The molecule has 2 aromatic heterocycles. The molecule has 0 amide bonds. The minimum atomic E-state index is -0.811. The van der Waals surface area contributed by atoms with Gasteiger partial charge >= 0.3 is 5.97 Å². The largest absolute Gasteiger partial charge is 0.489 e. The summed E-state index contributed by atoms with van der Waals surface area (Å²) in [4.78, 5) is 15.4. The highest BCUT2D eigenvalue weighted by molar-refractivity contribution is 6.32. The Morgan fingerprint density at radius 3 is 2.68 bits per heavy atom. The predicted molar refractivity (Wildman–Crippen MR) is 118 cm³/mol. The number of nitrogens with zero attached hydrogens (tertiary/aromatic N) is 3. The number of carbonyl (C=O) groups is 1. The zero-order valence-electron chi connectivity index (χ0n) is 17.4. The van der Waals surface area contributed by atoms with Crippen LogP contribution in [0.4, 0.5) is 0 Å². The highest BCUT2D eigenvalue weighted by atomic mass is 35.5. The van der Waals surface area contributed by atoms with Gasteiger partial charge in [-0.25, -0.2) is 0 Å². The monoisotopic (exact) mass is 439 g/mol. The summed E-state index contributed by atoms with van der Waals surface area (Å²) in [5.41, 5.74) is 3.49. The third-order valence-corrected chi connectivity index (χ3v) is 5.26. The molecule has 0 saturated heterocycles. The summed E-state index contributed by atoms with van der Waals surface area (Å²) in [5, 5.41) is 14.5. The summed E-state index contributed by atoms with van der Waals surface area (Å²) < 4.78 is 13.1. The minimum absolute atomic E-state index is 0.0240. The molecule has 0 aliphatic rings. The number of hydrogen-bond acceptors (Lipinski definition) is 5. The van der Waals surface area contributed by atoms with Crippen molar-refractivity contribution in [3.8, 4) is 28.6 Å². The van der Waals surface area contributed by atoms with E-state index >= 15 is 0 Å². The van der Waals surface area contributed by atoms with Gasteiger partial charge in [0.05, 0.1) is 17.5 Å². The van der Waals surface area contributed by atoms with Crippen molar-refractivity contribution in [2.45, 2.75) is 32.8 Å². The smallest absolute Gasteiger partial charge is 0.303 e. The molecule has 0 aliphatic carbocycles. The first-order valence-corrected chi connectivity index (χ1v) is 10.3. The molecule has 0 fully saturated rings. The van der Waals surface area contributed by atoms with E-state index in [1.165, 1.54) is 0 Å². The van der Waals surface area contributed by atoms with Gasteiger partial charge in [-0.1, -0.05) is 16.8 Å². The predicted octanol–water partition coefficient (Wildman–Crippen LogP) is 5.35. The molecule has 0 aliphatic heterocycles. The number of hydrogen-bond donors (Lipinski definition) is 1. The van der Waals surface area contributed by atoms with Crippen LogP contribution in [0.15, 0.2) is 47.0 Å². The Labute approximate surface area is 184 Å². The van der Waals surface area contributed by atoms with Crippen LogP contribution < -0.4 is 4.74 Å². The number of rotatable bonds is 7. The summed E-state index contributed by atoms with van der Waals surface area (Å²) in [6, 6.07) is 13.2. The third kappa shape index (κ3) is 4.41. The lowest BCUT2D eigenvalue weighted by molar-refractivity contribution is -0.136. The number of carboxylic acid groups (broad SMARTS) is 1. The van der Waals surface area contributed by atoms with E-state index in [4.69, 9.17) is 26.0 Å². The molecule has 0 atom stereocenters. The molecule has 2 aromatic carbocycles. The van der Waals surface area contributed by atoms with Gasteiger partial charge in [-0.05, 0) is 62.7 Å². The normalized spacial score (nSPS) is 11.4. The van der Waals surface area contributed by atoms with Crippen molar-refractivity contribution >= 4 is 28.5 Å². The molecule has 8 heteroatoms. The van der Waals surface area contributed by atoms with Crippen molar-refractivity contribution in [3.63, 3.8) is 0 Å². The van der Waals surface area contributed by atoms with Crippen molar-refractivity contribution in [2.24, 2.45) is 7.05 Å². The van der Waals surface area contributed by atoms with Crippen molar-refractivity contribution in [2.75, 3.05) is 0 Å². The Kier molecular flexibility index (Phi) is 5.69. The Morgan fingerprint density at radius 2 is 1.97 bits per heavy atom. The first-order valence-electron chi connectivity index (χ1n) is 9.92. The van der Waals surface area contributed by atoms with Gasteiger partial charge in [-0.2, -0.15) is 4.98 Å². The van der Waals surface area contributed by atoms with E-state index in [1.807, 2.05) is 55.8 Å². The molecule has 4 rings (SSSR count). The molecule has 0 spiro atoms. The van der Waals surface area contributed by atoms with Gasteiger partial charge in [0.1, 0.15) is 5.75 Å². The number of halogens is 1. The quantitative estimate of drug-likeness (QED) is 0.417. The molecule has 31 heavy (non-hydrogen) atoms. The van der Waals surface area contributed by atoms with Crippen molar-refractivity contribution in [3.05, 3.63) is 53.2 Å². The Morgan fingerprint density at radius 1 is 1.19 bits per heavy atom. The second kappa shape index (κ2) is 8.43. The Bertz CT molecular complexity index is 1260. The van der Waals surface area contributed by atoms with Crippen LogP contribution in [0.5, 0.6) is 5.75 Å². The molecular weight excluding hydrogens is 418 g/mol. The van der Waals surface area contributed by atoms with Gasteiger partial charge in [-0.3, -0.25) is 4.79 Å². The summed E-state index contributed by atoms with van der Waals surface area (Å²) in [5.74, 6) is 0.623. The summed E-state index contributed by atoms with van der Waals surface area (Å²) in [7, 11) is 1.93. The summed E-state index contributed by atoms with van der Waals surface area (Å²) in [6.45, 7) is 3.88. The molecule has 0 unspecified atom stereocenters. The molecule has 2 heterocycles. The topological polar surface area (TPSA) is 90.4 Å². The van der Waals surface area contributed by atoms with Crippen LogP contribution in [0.3, 0.4) is 0 Å². The lowest BCUT2D eigenvalue weighted by Crippen LogP contribution is -2.05. The maximum absolute atomic E-state index is 10.9.